The quantitative estimate of drug-likeness (QED) is 0.758. The van der Waals surface area contributed by atoms with Gasteiger partial charge in [-0.25, -0.2) is 0 Å². The Hall–Kier alpha value is -2.24. The van der Waals surface area contributed by atoms with Crippen molar-refractivity contribution in [1.29, 1.82) is 5.41 Å². The van der Waals surface area contributed by atoms with Crippen LogP contribution in [0.3, 0.4) is 0 Å². The van der Waals surface area contributed by atoms with Crippen LogP contribution in [0.15, 0.2) is 48.1 Å². The van der Waals surface area contributed by atoms with E-state index in [2.05, 4.69) is 43.3 Å². The molecule has 0 radical (unpaired) electrons. The molecule has 0 amide bonds. The van der Waals surface area contributed by atoms with E-state index < -0.39 is 5.54 Å². The van der Waals surface area contributed by atoms with Gasteiger partial charge in [0, 0.05) is 33.6 Å². The molecule has 3 rings (SSSR count). The van der Waals surface area contributed by atoms with E-state index in [4.69, 9.17) is 14.9 Å². The van der Waals surface area contributed by atoms with Gasteiger partial charge in [-0.15, -0.1) is 0 Å². The molecule has 4 atom stereocenters. The molecule has 1 aromatic carbocycles. The highest BCUT2D eigenvalue weighted by Crippen LogP contribution is 2.38. The van der Waals surface area contributed by atoms with E-state index >= 15 is 0 Å². The van der Waals surface area contributed by atoms with Crippen molar-refractivity contribution >= 4 is 11.6 Å². The minimum absolute atomic E-state index is 0.0147. The zero-order valence-corrected chi connectivity index (χ0v) is 18.1. The van der Waals surface area contributed by atoms with Gasteiger partial charge in [0.2, 0.25) is 0 Å². The molecular weight excluding hydrogens is 364 g/mol. The predicted molar refractivity (Wildman–Crippen MR) is 115 cm³/mol. The Morgan fingerprint density at radius 2 is 2.00 bits per heavy atom. The van der Waals surface area contributed by atoms with Crippen molar-refractivity contribution < 1.29 is 14.3 Å². The summed E-state index contributed by atoms with van der Waals surface area (Å²) in [5, 5.41) is 8.46. The van der Waals surface area contributed by atoms with E-state index in [-0.39, 0.29) is 23.9 Å². The smallest absolute Gasteiger partial charge is 0.161 e. The summed E-state index contributed by atoms with van der Waals surface area (Å²) in [7, 11) is 5.33. The lowest BCUT2D eigenvalue weighted by Gasteiger charge is -2.39. The number of amidine groups is 1. The molecule has 1 aromatic rings. The maximum atomic E-state index is 12.8. The number of hydrogen-bond donors (Lipinski definition) is 1. The number of benzene rings is 1. The van der Waals surface area contributed by atoms with Crippen molar-refractivity contribution in [3.05, 3.63) is 59.2 Å². The van der Waals surface area contributed by atoms with Crippen LogP contribution in [0.1, 0.15) is 50.2 Å². The van der Waals surface area contributed by atoms with Crippen molar-refractivity contribution in [2.24, 2.45) is 0 Å². The minimum Gasteiger partial charge on any atom is -0.378 e. The van der Waals surface area contributed by atoms with Crippen molar-refractivity contribution in [3.63, 3.8) is 0 Å². The first-order valence-electron chi connectivity index (χ1n) is 10.2. The number of likely N-dealkylation sites (N-methyl/N-ethyl adjacent to an activating group) is 1. The summed E-state index contributed by atoms with van der Waals surface area (Å²) in [4.78, 5) is 14.7. The van der Waals surface area contributed by atoms with E-state index in [9.17, 15) is 4.79 Å². The van der Waals surface area contributed by atoms with Crippen molar-refractivity contribution in [3.8, 4) is 0 Å². The Bertz CT molecular complexity index is 844. The van der Waals surface area contributed by atoms with Crippen LogP contribution in [0.4, 0.5) is 0 Å². The molecular formula is C24H32N2O3. The molecule has 5 heteroatoms. The standard InChI is InChI=1S/C24H32N2O3/c1-6-16-14-23(25)26(3)24(2,15-20(16)27)19-9-7-8-17(12-19)18-10-11-21(28-4)22(13-18)29-5/h7-12,14,18,21-22,25H,6,13,15H2,1-5H3/t18?,21?,22?,24-/m0/s1. The van der Waals surface area contributed by atoms with E-state index in [0.717, 1.165) is 17.6 Å². The first-order chi connectivity index (χ1) is 13.8. The van der Waals surface area contributed by atoms with Crippen LogP contribution in [0.5, 0.6) is 0 Å². The molecule has 5 nitrogen and oxygen atoms in total. The Morgan fingerprint density at radius 3 is 2.66 bits per heavy atom. The molecule has 0 spiro atoms. The lowest BCUT2D eigenvalue weighted by molar-refractivity contribution is -0.117. The number of carbonyl (C=O) groups is 1. The van der Waals surface area contributed by atoms with Gasteiger partial charge in [0.15, 0.2) is 5.78 Å². The summed E-state index contributed by atoms with van der Waals surface area (Å²) in [6.45, 7) is 4.02. The molecule has 1 N–H and O–H groups in total. The number of ketones is 1. The Morgan fingerprint density at radius 1 is 1.24 bits per heavy atom. The number of allylic oxidation sites excluding steroid dienone is 2. The zero-order valence-electron chi connectivity index (χ0n) is 18.1. The highest BCUT2D eigenvalue weighted by atomic mass is 16.5. The lowest BCUT2D eigenvalue weighted by Crippen LogP contribution is -2.44. The van der Waals surface area contributed by atoms with Crippen LogP contribution in [0.25, 0.3) is 0 Å². The second-order valence-corrected chi connectivity index (χ2v) is 8.17. The number of hydrogen-bond acceptors (Lipinski definition) is 4. The Balaban J connectivity index is 1.95. The minimum atomic E-state index is -0.564. The normalized spacial score (nSPS) is 30.3. The van der Waals surface area contributed by atoms with E-state index in [1.54, 1.807) is 20.3 Å². The van der Waals surface area contributed by atoms with Crippen LogP contribution < -0.4 is 0 Å². The number of carbonyl (C=O) groups excluding carboxylic acids is 1. The fraction of sp³-hybridized carbons (Fsp3) is 0.500. The van der Waals surface area contributed by atoms with Crippen molar-refractivity contribution in [1.82, 2.24) is 4.90 Å². The highest BCUT2D eigenvalue weighted by Gasteiger charge is 2.38. The summed E-state index contributed by atoms with van der Waals surface area (Å²) >= 11 is 0. The van der Waals surface area contributed by atoms with Crippen molar-refractivity contribution in [2.75, 3.05) is 21.3 Å². The van der Waals surface area contributed by atoms with Gasteiger partial charge in [0.25, 0.3) is 0 Å². The zero-order chi connectivity index (χ0) is 21.2. The fourth-order valence-corrected chi connectivity index (χ4v) is 4.39. The number of methoxy groups -OCH3 is 2. The van der Waals surface area contributed by atoms with Gasteiger partial charge in [0.05, 0.1) is 11.6 Å². The van der Waals surface area contributed by atoms with E-state index in [1.807, 2.05) is 18.9 Å². The number of rotatable bonds is 5. The molecule has 3 unspecified atom stereocenters. The average Bonchev–Trinajstić information content (AvgIpc) is 2.83. The van der Waals surface area contributed by atoms with Crippen LogP contribution in [0.2, 0.25) is 0 Å². The van der Waals surface area contributed by atoms with Gasteiger partial charge in [-0.2, -0.15) is 0 Å². The predicted octanol–water partition coefficient (Wildman–Crippen LogP) is 4.19. The Kier molecular flexibility index (Phi) is 6.39. The summed E-state index contributed by atoms with van der Waals surface area (Å²) in [5.74, 6) is 0.723. The van der Waals surface area contributed by atoms with Crippen LogP contribution >= 0.6 is 0 Å². The molecule has 0 bridgehead atoms. The fourth-order valence-electron chi connectivity index (χ4n) is 4.39. The molecule has 0 saturated heterocycles. The SMILES string of the molecule is CCC1=CC(=N)N(C)[C@](C)(c2cccc(C3C=CC(OC)C(OC)C3)c2)CC1=O. The monoisotopic (exact) mass is 396 g/mol. The maximum Gasteiger partial charge on any atom is 0.161 e. The molecule has 1 aliphatic heterocycles. The van der Waals surface area contributed by atoms with Gasteiger partial charge >= 0.3 is 0 Å². The first kappa shape index (κ1) is 21.5. The molecule has 0 aromatic heterocycles. The summed E-state index contributed by atoms with van der Waals surface area (Å²) in [5.41, 5.74) is 2.41. The maximum absolute atomic E-state index is 12.8. The number of nitrogens with one attached hydrogen (secondary N) is 1. The largest absolute Gasteiger partial charge is 0.378 e. The molecule has 1 aliphatic carbocycles. The second-order valence-electron chi connectivity index (χ2n) is 8.17. The first-order valence-corrected chi connectivity index (χ1v) is 10.2. The van der Waals surface area contributed by atoms with Crippen LogP contribution in [-0.4, -0.2) is 50.0 Å². The summed E-state index contributed by atoms with van der Waals surface area (Å²) in [6.07, 6.45) is 7.82. The van der Waals surface area contributed by atoms with Gasteiger partial charge in [-0.05, 0) is 42.5 Å². The molecule has 29 heavy (non-hydrogen) atoms. The summed E-state index contributed by atoms with van der Waals surface area (Å²) < 4.78 is 11.1. The lowest BCUT2D eigenvalue weighted by atomic mass is 9.80. The molecule has 156 valence electrons. The third-order valence-corrected chi connectivity index (χ3v) is 6.55. The highest BCUT2D eigenvalue weighted by molar-refractivity contribution is 6.05. The molecule has 1 heterocycles. The number of nitrogens with zero attached hydrogens (tertiary/aromatic N) is 1. The number of Topliss-reactive ketones (excluding diaryl/α,β-unsaturated/α-hetero) is 1. The Labute approximate surface area is 173 Å². The van der Waals surface area contributed by atoms with Crippen molar-refractivity contribution in [2.45, 2.75) is 56.8 Å². The molecule has 0 saturated carbocycles. The molecule has 2 aliphatic rings. The summed E-state index contributed by atoms with van der Waals surface area (Å²) in [6, 6.07) is 8.43. The van der Waals surface area contributed by atoms with E-state index in [0.29, 0.717) is 18.7 Å². The molecule has 0 fully saturated rings. The topological polar surface area (TPSA) is 62.6 Å². The van der Waals surface area contributed by atoms with Crippen LogP contribution in [0, 0.1) is 5.41 Å². The van der Waals surface area contributed by atoms with Gasteiger partial charge in [-0.1, -0.05) is 43.3 Å². The van der Waals surface area contributed by atoms with Crippen LogP contribution in [-0.2, 0) is 19.8 Å². The average molecular weight is 397 g/mol. The van der Waals surface area contributed by atoms with E-state index in [1.165, 1.54) is 5.56 Å². The number of ether oxygens (including phenoxy) is 2. The van der Waals surface area contributed by atoms with Gasteiger partial charge < -0.3 is 14.4 Å². The van der Waals surface area contributed by atoms with Gasteiger partial charge in [-0.3, -0.25) is 10.2 Å². The van der Waals surface area contributed by atoms with Gasteiger partial charge in [0.1, 0.15) is 11.9 Å². The third-order valence-electron chi connectivity index (χ3n) is 6.55. The second kappa shape index (κ2) is 8.64. The third kappa shape index (κ3) is 4.07.